The lowest BCUT2D eigenvalue weighted by Gasteiger charge is -2.33. The third kappa shape index (κ3) is 5.04. The Labute approximate surface area is 54.8 Å². The zero-order valence-electron chi connectivity index (χ0n) is 4.20. The Balaban J connectivity index is 4.17. The Kier molecular flexibility index (Phi) is 3.15. The van der Waals surface area contributed by atoms with E-state index < -0.39 is 15.6 Å². The van der Waals surface area contributed by atoms with E-state index in [1.165, 1.54) is 0 Å². The second-order valence-corrected chi connectivity index (χ2v) is 3.66. The standard InChI is InChI=1S/H4O8P2/c1-7-10(5,6)8-9(2,3)4/h1H,(H,5,6)(H2,2,3,4)/p-3. The molecule has 0 heterocycles. The maximum Gasteiger partial charge on any atom is 0.301 e. The highest BCUT2D eigenvalue weighted by atomic mass is 31.3. The first-order valence-electron chi connectivity index (χ1n) is 1.64. The van der Waals surface area contributed by atoms with Crippen molar-refractivity contribution in [1.29, 1.82) is 0 Å². The molecule has 0 amide bonds. The molecule has 0 aliphatic heterocycles. The summed E-state index contributed by atoms with van der Waals surface area (Å²) in [6.07, 6.45) is 0. The molecule has 8 nitrogen and oxygen atoms in total. The number of hydrogen-bond acceptors (Lipinski definition) is 8. The average Bonchev–Trinajstić information content (AvgIpc) is 1.60. The van der Waals surface area contributed by atoms with E-state index in [0.717, 1.165) is 0 Å². The first-order chi connectivity index (χ1) is 4.27. The lowest BCUT2D eigenvalue weighted by molar-refractivity contribution is -0.345. The maximum atomic E-state index is 9.78. The van der Waals surface area contributed by atoms with Crippen LogP contribution in [-0.4, -0.2) is 5.26 Å². The van der Waals surface area contributed by atoms with E-state index in [2.05, 4.69) is 8.99 Å². The quantitative estimate of drug-likeness (QED) is 0.300. The van der Waals surface area contributed by atoms with Crippen LogP contribution < -0.4 is 14.7 Å². The lowest BCUT2D eigenvalue weighted by atomic mass is 15.0. The Bertz CT molecular complexity index is 185. The predicted octanol–water partition coefficient (Wildman–Crippen LogP) is -2.21. The van der Waals surface area contributed by atoms with E-state index in [4.69, 9.17) is 5.26 Å². The van der Waals surface area contributed by atoms with Crippen molar-refractivity contribution < 1.29 is 38.1 Å². The summed E-state index contributed by atoms with van der Waals surface area (Å²) < 4.78 is 24.5. The van der Waals surface area contributed by atoms with Crippen molar-refractivity contribution in [2.45, 2.75) is 0 Å². The van der Waals surface area contributed by atoms with E-state index >= 15 is 0 Å². The molecule has 0 aromatic rings. The van der Waals surface area contributed by atoms with Gasteiger partial charge in [0.15, 0.2) is 0 Å². The molecule has 10 heavy (non-hydrogen) atoms. The molecule has 0 aromatic heterocycles. The van der Waals surface area contributed by atoms with E-state index in [1.54, 1.807) is 0 Å². The molecule has 1 N–H and O–H groups in total. The van der Waals surface area contributed by atoms with Gasteiger partial charge in [-0.15, -0.1) is 0 Å². The smallest absolute Gasteiger partial charge is 0.301 e. The van der Waals surface area contributed by atoms with Crippen LogP contribution in [0.4, 0.5) is 0 Å². The van der Waals surface area contributed by atoms with Crippen LogP contribution in [0.2, 0.25) is 0 Å². The molecular weight excluding hydrogens is 190 g/mol. The summed E-state index contributed by atoms with van der Waals surface area (Å²) in [5.41, 5.74) is 0. The van der Waals surface area contributed by atoms with Gasteiger partial charge in [-0.1, -0.05) is 0 Å². The first kappa shape index (κ1) is 10.2. The van der Waals surface area contributed by atoms with Crippen molar-refractivity contribution in [3.63, 3.8) is 0 Å². The molecule has 0 aliphatic carbocycles. The summed E-state index contributed by atoms with van der Waals surface area (Å²) in [5, 5.41) is 7.36. The van der Waals surface area contributed by atoms with Crippen molar-refractivity contribution in [3.05, 3.63) is 0 Å². The minimum Gasteiger partial charge on any atom is -0.790 e. The summed E-state index contributed by atoms with van der Waals surface area (Å²) >= 11 is 0. The van der Waals surface area contributed by atoms with Crippen LogP contribution in [0.25, 0.3) is 0 Å². The highest BCUT2D eigenvalue weighted by Gasteiger charge is 2.09. The van der Waals surface area contributed by atoms with E-state index in [1.807, 2.05) is 0 Å². The summed E-state index contributed by atoms with van der Waals surface area (Å²) in [4.78, 5) is 28.8. The monoisotopic (exact) mass is 191 g/mol. The van der Waals surface area contributed by atoms with E-state index in [0.29, 0.717) is 0 Å². The highest BCUT2D eigenvalue weighted by molar-refractivity contribution is 7.58. The van der Waals surface area contributed by atoms with Gasteiger partial charge < -0.3 is 19.2 Å². The van der Waals surface area contributed by atoms with Crippen molar-refractivity contribution in [2.75, 3.05) is 0 Å². The average molecular weight is 191 g/mol. The minimum atomic E-state index is -5.66. The highest BCUT2D eigenvalue weighted by Crippen LogP contribution is 2.49. The van der Waals surface area contributed by atoms with Crippen molar-refractivity contribution in [3.8, 4) is 0 Å². The molecule has 0 spiro atoms. The van der Waals surface area contributed by atoms with Gasteiger partial charge in [-0.3, -0.25) is 8.88 Å². The van der Waals surface area contributed by atoms with Crippen LogP contribution in [0.5, 0.6) is 0 Å². The van der Waals surface area contributed by atoms with Gasteiger partial charge in [-0.05, 0) is 0 Å². The summed E-state index contributed by atoms with van der Waals surface area (Å²) in [6, 6.07) is 0. The van der Waals surface area contributed by atoms with Gasteiger partial charge in [0.05, 0.1) is 7.82 Å². The first-order valence-corrected chi connectivity index (χ1v) is 4.56. The molecule has 0 aliphatic rings. The Morgan fingerprint density at radius 3 is 1.70 bits per heavy atom. The fourth-order valence-electron chi connectivity index (χ4n) is 0.137. The molecule has 0 saturated carbocycles. The molecular formula is HO8P2-3. The third-order valence-corrected chi connectivity index (χ3v) is 2.10. The van der Waals surface area contributed by atoms with Crippen molar-refractivity contribution in [1.82, 2.24) is 0 Å². The van der Waals surface area contributed by atoms with E-state index in [-0.39, 0.29) is 0 Å². The molecule has 1 unspecified atom stereocenters. The van der Waals surface area contributed by atoms with Crippen LogP contribution in [0.1, 0.15) is 0 Å². The topological polar surface area (TPSA) is 142 Å². The fourth-order valence-corrected chi connectivity index (χ4v) is 1.24. The van der Waals surface area contributed by atoms with Gasteiger partial charge in [-0.2, -0.15) is 4.67 Å². The molecule has 1 atom stereocenters. The Hall–Kier alpha value is 0.220. The maximum absolute atomic E-state index is 9.78. The van der Waals surface area contributed by atoms with Gasteiger partial charge in [0.25, 0.3) is 0 Å². The molecule has 0 rings (SSSR count). The summed E-state index contributed by atoms with van der Waals surface area (Å²) in [5.74, 6) is 0. The van der Waals surface area contributed by atoms with Gasteiger partial charge >= 0.3 is 7.82 Å². The van der Waals surface area contributed by atoms with Gasteiger partial charge in [0, 0.05) is 0 Å². The SMILES string of the molecule is O=P([O-])([O-])OP(=O)([O-])OO. The largest absolute Gasteiger partial charge is 0.790 e. The molecule has 0 fully saturated rings. The minimum absolute atomic E-state index is 2.52. The number of hydrogen-bond donors (Lipinski definition) is 1. The zero-order valence-corrected chi connectivity index (χ0v) is 5.99. The second-order valence-electron chi connectivity index (χ2n) is 1.06. The molecule has 0 saturated heterocycles. The van der Waals surface area contributed by atoms with Crippen molar-refractivity contribution in [2.24, 2.45) is 0 Å². The summed E-state index contributed by atoms with van der Waals surface area (Å²) in [7, 11) is -11.0. The Morgan fingerprint density at radius 2 is 1.60 bits per heavy atom. The van der Waals surface area contributed by atoms with E-state index in [9.17, 15) is 23.8 Å². The van der Waals surface area contributed by atoms with Crippen LogP contribution in [0.15, 0.2) is 0 Å². The zero-order chi connectivity index (χ0) is 8.41. The Morgan fingerprint density at radius 1 is 1.20 bits per heavy atom. The van der Waals surface area contributed by atoms with Crippen LogP contribution in [0, 0.1) is 0 Å². The number of rotatable bonds is 3. The third-order valence-electron chi connectivity index (χ3n) is 0.300. The fraction of sp³-hybridized carbons (Fsp3) is 0. The number of phosphoric acid groups is 2. The van der Waals surface area contributed by atoms with Gasteiger partial charge in [0.2, 0.25) is 0 Å². The lowest BCUT2D eigenvalue weighted by Crippen LogP contribution is -2.18. The molecule has 10 heteroatoms. The molecule has 0 aromatic carbocycles. The van der Waals surface area contributed by atoms with Crippen LogP contribution in [-0.2, 0) is 18.1 Å². The van der Waals surface area contributed by atoms with Gasteiger partial charge in [0.1, 0.15) is 0 Å². The van der Waals surface area contributed by atoms with Crippen LogP contribution in [0.3, 0.4) is 0 Å². The van der Waals surface area contributed by atoms with Gasteiger partial charge in [-0.25, -0.2) is 5.26 Å². The molecule has 0 radical (unpaired) electrons. The second kappa shape index (κ2) is 3.08. The van der Waals surface area contributed by atoms with Crippen LogP contribution >= 0.6 is 15.6 Å². The molecule has 62 valence electrons. The normalized spacial score (nSPS) is 18.4. The summed E-state index contributed by atoms with van der Waals surface area (Å²) in [6.45, 7) is 0. The van der Waals surface area contributed by atoms with Crippen molar-refractivity contribution >= 4 is 15.6 Å². The predicted molar refractivity (Wildman–Crippen MR) is 20.0 cm³/mol. The molecule has 0 bridgehead atoms.